The van der Waals surface area contributed by atoms with E-state index in [9.17, 15) is 18.7 Å². The molecule has 1 amide bonds. The molecule has 2 aromatic carbocycles. The minimum Gasteiger partial charge on any atom is -0.462 e. The molecule has 0 aliphatic carbocycles. The molecule has 0 spiro atoms. The lowest BCUT2D eigenvalue weighted by Crippen LogP contribution is -2.29. The number of aliphatic hydroxyl groups excluding tert-OH is 1. The second-order valence-electron chi connectivity index (χ2n) is 6.32. The maximum Gasteiger partial charge on any atom is 0.487 e. The van der Waals surface area contributed by atoms with Gasteiger partial charge in [-0.2, -0.15) is 4.98 Å². The molecule has 2 N–H and O–H groups in total. The number of hydrogen-bond donors (Lipinski definition) is 2. The van der Waals surface area contributed by atoms with Crippen LogP contribution in [0.15, 0.2) is 40.9 Å². The van der Waals surface area contributed by atoms with Gasteiger partial charge < -0.3 is 19.9 Å². The van der Waals surface area contributed by atoms with Gasteiger partial charge in [0.15, 0.2) is 0 Å². The Hall–Kier alpha value is -2.43. The van der Waals surface area contributed by atoms with Gasteiger partial charge in [-0.3, -0.25) is 9.36 Å². The second-order valence-corrected chi connectivity index (χ2v) is 7.62. The zero-order valence-corrected chi connectivity index (χ0v) is 16.9. The van der Waals surface area contributed by atoms with Crippen molar-refractivity contribution < 1.29 is 28.2 Å². The highest BCUT2D eigenvalue weighted by Crippen LogP contribution is 2.32. The standard InChI is InChI=1S/C18H13BrClF2N3O4/c19-13-5-9(6-14-15(13)25-7-11(26)8-28-17(25)24-14)16(27)23-10-1-3-12(4-2-10)29-18(20,21)22/h1-6,11,26H,7-8H2,(H,23,27)/t11-/m0/s1. The van der Waals surface area contributed by atoms with Crippen molar-refractivity contribution in [2.24, 2.45) is 0 Å². The normalized spacial score (nSPS) is 16.2. The van der Waals surface area contributed by atoms with E-state index in [1.54, 1.807) is 16.7 Å². The quantitative estimate of drug-likeness (QED) is 0.543. The third-order valence-corrected chi connectivity index (χ3v) is 4.85. The van der Waals surface area contributed by atoms with Gasteiger partial charge in [-0.15, -0.1) is 8.78 Å². The molecule has 0 saturated heterocycles. The Morgan fingerprint density at radius 2 is 2.10 bits per heavy atom. The zero-order chi connectivity index (χ0) is 20.8. The lowest BCUT2D eigenvalue weighted by Gasteiger charge is -2.20. The SMILES string of the molecule is O=C(Nc1ccc(OC(F)(F)Cl)cc1)c1cc(Br)c2c(c1)nc1n2C[C@H](O)CO1. The molecule has 0 saturated carbocycles. The average Bonchev–Trinajstić information content (AvgIpc) is 3.00. The number of fused-ring (bicyclic) bond motifs is 3. The van der Waals surface area contributed by atoms with Crippen LogP contribution in [0, 0.1) is 0 Å². The van der Waals surface area contributed by atoms with E-state index in [1.807, 2.05) is 0 Å². The van der Waals surface area contributed by atoms with E-state index >= 15 is 0 Å². The Morgan fingerprint density at radius 1 is 1.38 bits per heavy atom. The lowest BCUT2D eigenvalue weighted by molar-refractivity contribution is -0.0964. The summed E-state index contributed by atoms with van der Waals surface area (Å²) in [5.41, 5.74) is -1.86. The van der Waals surface area contributed by atoms with Crippen molar-refractivity contribution in [1.29, 1.82) is 0 Å². The predicted octanol–water partition coefficient (Wildman–Crippen LogP) is 3.97. The van der Waals surface area contributed by atoms with E-state index in [1.165, 1.54) is 24.3 Å². The number of imidazole rings is 1. The molecule has 4 rings (SSSR count). The van der Waals surface area contributed by atoms with Crippen LogP contribution in [0.3, 0.4) is 0 Å². The number of alkyl halides is 3. The number of amides is 1. The molecule has 1 atom stereocenters. The van der Waals surface area contributed by atoms with Crippen molar-refractivity contribution in [3.63, 3.8) is 0 Å². The number of ether oxygens (including phenoxy) is 2. The summed E-state index contributed by atoms with van der Waals surface area (Å²) in [7, 11) is 0. The summed E-state index contributed by atoms with van der Waals surface area (Å²) in [6, 6.07) is 8.94. The molecule has 1 aliphatic heterocycles. The van der Waals surface area contributed by atoms with E-state index in [0.29, 0.717) is 39.3 Å². The predicted molar refractivity (Wildman–Crippen MR) is 105 cm³/mol. The summed E-state index contributed by atoms with van der Waals surface area (Å²) < 4.78 is 37.3. The van der Waals surface area contributed by atoms with Crippen LogP contribution in [0.1, 0.15) is 10.4 Å². The van der Waals surface area contributed by atoms with Crippen molar-refractivity contribution in [2.75, 3.05) is 11.9 Å². The summed E-state index contributed by atoms with van der Waals surface area (Å²) in [5, 5.41) is 12.5. The van der Waals surface area contributed by atoms with Gasteiger partial charge in [-0.05, 0) is 52.3 Å². The minimum atomic E-state index is -3.81. The number of anilines is 1. The first-order chi connectivity index (χ1) is 13.7. The molecule has 0 bridgehead atoms. The summed E-state index contributed by atoms with van der Waals surface area (Å²) in [6.45, 7) is 0.495. The second kappa shape index (κ2) is 7.43. The molecule has 1 aromatic heterocycles. The average molecular weight is 489 g/mol. The van der Waals surface area contributed by atoms with Crippen molar-refractivity contribution >= 4 is 50.2 Å². The highest BCUT2D eigenvalue weighted by atomic mass is 79.9. The van der Waals surface area contributed by atoms with Gasteiger partial charge in [0, 0.05) is 27.3 Å². The number of nitrogens with one attached hydrogen (secondary N) is 1. The highest BCUT2D eigenvalue weighted by Gasteiger charge is 2.27. The number of aromatic nitrogens is 2. The molecular weight excluding hydrogens is 476 g/mol. The van der Waals surface area contributed by atoms with Gasteiger partial charge in [0.2, 0.25) is 0 Å². The van der Waals surface area contributed by atoms with E-state index < -0.39 is 17.6 Å². The van der Waals surface area contributed by atoms with Crippen LogP contribution in [0.5, 0.6) is 11.8 Å². The van der Waals surface area contributed by atoms with Crippen LogP contribution in [0.2, 0.25) is 0 Å². The Morgan fingerprint density at radius 3 is 2.79 bits per heavy atom. The Bertz CT molecular complexity index is 1090. The smallest absolute Gasteiger partial charge is 0.462 e. The lowest BCUT2D eigenvalue weighted by atomic mass is 10.1. The summed E-state index contributed by atoms with van der Waals surface area (Å²) in [5.74, 6) is -0.561. The molecule has 152 valence electrons. The Balaban J connectivity index is 1.56. The van der Waals surface area contributed by atoms with Gasteiger partial charge in [-0.25, -0.2) is 0 Å². The van der Waals surface area contributed by atoms with Crippen LogP contribution < -0.4 is 14.8 Å². The van der Waals surface area contributed by atoms with Crippen LogP contribution in [-0.2, 0) is 6.54 Å². The number of carbonyl (C=O) groups excluding carboxylic acids is 1. The summed E-state index contributed by atoms with van der Waals surface area (Å²) in [4.78, 5) is 17.0. The largest absolute Gasteiger partial charge is 0.487 e. The molecule has 0 fully saturated rings. The third kappa shape index (κ3) is 4.29. The molecule has 1 aliphatic rings. The molecule has 3 aromatic rings. The first kappa shape index (κ1) is 19.9. The fourth-order valence-corrected chi connectivity index (χ4v) is 3.74. The van der Waals surface area contributed by atoms with E-state index in [0.717, 1.165) is 0 Å². The van der Waals surface area contributed by atoms with Gasteiger partial charge in [0.05, 0.1) is 17.6 Å². The fraction of sp³-hybridized carbons (Fsp3) is 0.222. The van der Waals surface area contributed by atoms with Gasteiger partial charge in [-0.1, -0.05) is 0 Å². The minimum absolute atomic E-state index is 0.141. The highest BCUT2D eigenvalue weighted by molar-refractivity contribution is 9.10. The van der Waals surface area contributed by atoms with E-state index in [4.69, 9.17) is 16.3 Å². The number of benzene rings is 2. The number of rotatable bonds is 4. The topological polar surface area (TPSA) is 85.6 Å². The van der Waals surface area contributed by atoms with E-state index in [-0.39, 0.29) is 12.4 Å². The molecule has 7 nitrogen and oxygen atoms in total. The van der Waals surface area contributed by atoms with E-state index in [2.05, 4.69) is 31.0 Å². The fourth-order valence-electron chi connectivity index (χ4n) is 2.98. The van der Waals surface area contributed by atoms with Crippen molar-refractivity contribution in [3.8, 4) is 11.8 Å². The summed E-state index contributed by atoms with van der Waals surface area (Å²) >= 11 is 8.16. The van der Waals surface area contributed by atoms with Crippen molar-refractivity contribution in [2.45, 2.75) is 18.2 Å². The van der Waals surface area contributed by atoms with Crippen LogP contribution in [-0.4, -0.2) is 38.8 Å². The number of halogens is 4. The third-order valence-electron chi connectivity index (χ3n) is 4.17. The monoisotopic (exact) mass is 487 g/mol. The van der Waals surface area contributed by atoms with Gasteiger partial charge >= 0.3 is 5.57 Å². The van der Waals surface area contributed by atoms with Crippen LogP contribution >= 0.6 is 27.5 Å². The number of nitrogens with zero attached hydrogens (tertiary/aromatic N) is 2. The van der Waals surface area contributed by atoms with Gasteiger partial charge in [0.1, 0.15) is 18.5 Å². The number of aliphatic hydroxyl groups is 1. The number of carbonyl (C=O) groups is 1. The molecule has 0 unspecified atom stereocenters. The number of hydrogen-bond acceptors (Lipinski definition) is 5. The molecule has 2 heterocycles. The molecule has 29 heavy (non-hydrogen) atoms. The zero-order valence-electron chi connectivity index (χ0n) is 14.5. The molecular formula is C18H13BrClF2N3O4. The van der Waals surface area contributed by atoms with Crippen molar-refractivity contribution in [1.82, 2.24) is 9.55 Å². The first-order valence-electron chi connectivity index (χ1n) is 8.37. The van der Waals surface area contributed by atoms with Crippen LogP contribution in [0.25, 0.3) is 11.0 Å². The van der Waals surface area contributed by atoms with Crippen molar-refractivity contribution in [3.05, 3.63) is 46.4 Å². The van der Waals surface area contributed by atoms with Gasteiger partial charge in [0.25, 0.3) is 11.9 Å². The molecule has 0 radical (unpaired) electrons. The van der Waals surface area contributed by atoms with Crippen LogP contribution in [0.4, 0.5) is 14.5 Å². The first-order valence-corrected chi connectivity index (χ1v) is 9.54. The maximum atomic E-state index is 12.7. The Kier molecular flexibility index (Phi) is 5.09. The summed E-state index contributed by atoms with van der Waals surface area (Å²) in [6.07, 6.45) is -0.638. The maximum absolute atomic E-state index is 12.7. The molecule has 11 heteroatoms. The Labute approximate surface area is 176 Å².